The quantitative estimate of drug-likeness (QED) is 0.479. The molecule has 0 radical (unpaired) electrons. The van der Waals surface area contributed by atoms with Gasteiger partial charge in [-0.05, 0) is 48.9 Å². The van der Waals surface area contributed by atoms with Crippen LogP contribution in [0.2, 0.25) is 0 Å². The van der Waals surface area contributed by atoms with Gasteiger partial charge in [-0.3, -0.25) is 0 Å². The van der Waals surface area contributed by atoms with E-state index in [0.29, 0.717) is 5.56 Å². The molecule has 0 saturated heterocycles. The summed E-state index contributed by atoms with van der Waals surface area (Å²) in [6.45, 7) is 3.70. The summed E-state index contributed by atoms with van der Waals surface area (Å²) in [7, 11) is 0. The number of rotatable bonds is 6. The highest BCUT2D eigenvalue weighted by Crippen LogP contribution is 2.24. The first-order valence-corrected chi connectivity index (χ1v) is 6.86. The van der Waals surface area contributed by atoms with Crippen LogP contribution >= 0.6 is 0 Å². The molecule has 0 heterocycles. The zero-order chi connectivity index (χ0) is 14.4. The van der Waals surface area contributed by atoms with Crippen LogP contribution < -0.4 is 0 Å². The first kappa shape index (κ1) is 14.4. The van der Waals surface area contributed by atoms with Crippen molar-refractivity contribution in [2.75, 3.05) is 0 Å². The lowest BCUT2D eigenvalue weighted by atomic mass is 10.0. The predicted octanol–water partition coefficient (Wildman–Crippen LogP) is 5.53. The van der Waals surface area contributed by atoms with Crippen molar-refractivity contribution in [2.24, 2.45) is 0 Å². The molecule has 104 valence electrons. The highest BCUT2D eigenvalue weighted by molar-refractivity contribution is 5.64. The molecule has 0 aliphatic heterocycles. The fourth-order valence-corrected chi connectivity index (χ4v) is 2.19. The molecule has 0 nitrogen and oxygen atoms in total. The van der Waals surface area contributed by atoms with E-state index < -0.39 is 11.6 Å². The van der Waals surface area contributed by atoms with Crippen molar-refractivity contribution in [3.05, 3.63) is 72.3 Å². The van der Waals surface area contributed by atoms with Crippen LogP contribution in [-0.4, -0.2) is 0 Å². The second-order valence-corrected chi connectivity index (χ2v) is 4.86. The number of benzene rings is 2. The zero-order valence-corrected chi connectivity index (χ0v) is 11.4. The van der Waals surface area contributed by atoms with Crippen molar-refractivity contribution in [3.8, 4) is 11.1 Å². The molecule has 0 bridgehead atoms. The van der Waals surface area contributed by atoms with Gasteiger partial charge in [0.2, 0.25) is 0 Å². The van der Waals surface area contributed by atoms with Crippen molar-refractivity contribution in [1.82, 2.24) is 0 Å². The average Bonchev–Trinajstić information content (AvgIpc) is 2.45. The van der Waals surface area contributed by atoms with Crippen LogP contribution in [-0.2, 0) is 6.42 Å². The van der Waals surface area contributed by atoms with Crippen molar-refractivity contribution < 1.29 is 8.78 Å². The number of halogens is 2. The highest BCUT2D eigenvalue weighted by atomic mass is 19.1. The third-order valence-corrected chi connectivity index (χ3v) is 3.32. The minimum atomic E-state index is -0.551. The Hall–Kier alpha value is -1.96. The van der Waals surface area contributed by atoms with E-state index in [4.69, 9.17) is 0 Å². The first-order chi connectivity index (χ1) is 9.70. The molecular weight excluding hydrogens is 254 g/mol. The van der Waals surface area contributed by atoms with E-state index in [1.54, 1.807) is 0 Å². The minimum absolute atomic E-state index is 0.435. The standard InChI is InChI=1S/C18H18F2/c1-2-3-4-5-6-14-7-9-15(10-8-14)17-12-11-16(19)13-18(17)20/h2,7-13H,1,3-6H2. The smallest absolute Gasteiger partial charge is 0.133 e. The molecule has 2 heteroatoms. The second kappa shape index (κ2) is 6.99. The first-order valence-electron chi connectivity index (χ1n) is 6.86. The van der Waals surface area contributed by atoms with Gasteiger partial charge in [-0.1, -0.05) is 30.3 Å². The number of hydrogen-bond donors (Lipinski definition) is 0. The maximum absolute atomic E-state index is 13.7. The Morgan fingerprint density at radius 2 is 1.70 bits per heavy atom. The summed E-state index contributed by atoms with van der Waals surface area (Å²) in [5.74, 6) is -1.08. The lowest BCUT2D eigenvalue weighted by molar-refractivity contribution is 0.585. The second-order valence-electron chi connectivity index (χ2n) is 4.86. The zero-order valence-electron chi connectivity index (χ0n) is 11.4. The van der Waals surface area contributed by atoms with E-state index in [1.165, 1.54) is 17.7 Å². The predicted molar refractivity (Wildman–Crippen MR) is 79.5 cm³/mol. The van der Waals surface area contributed by atoms with E-state index in [-0.39, 0.29) is 0 Å². The molecule has 0 aliphatic carbocycles. The summed E-state index contributed by atoms with van der Waals surface area (Å²) >= 11 is 0. The van der Waals surface area contributed by atoms with Crippen molar-refractivity contribution in [1.29, 1.82) is 0 Å². The van der Waals surface area contributed by atoms with Gasteiger partial charge in [-0.15, -0.1) is 6.58 Å². The fourth-order valence-electron chi connectivity index (χ4n) is 2.19. The summed E-state index contributed by atoms with van der Waals surface area (Å²) < 4.78 is 26.6. The Bertz CT molecular complexity index is 570. The largest absolute Gasteiger partial charge is 0.207 e. The molecule has 0 N–H and O–H groups in total. The van der Waals surface area contributed by atoms with Gasteiger partial charge in [-0.2, -0.15) is 0 Å². The number of hydrogen-bond acceptors (Lipinski definition) is 0. The van der Waals surface area contributed by atoms with E-state index in [1.807, 2.05) is 30.3 Å². The summed E-state index contributed by atoms with van der Waals surface area (Å²) in [6.07, 6.45) is 6.24. The third kappa shape index (κ3) is 3.77. The van der Waals surface area contributed by atoms with Crippen LogP contribution in [0.3, 0.4) is 0 Å². The molecule has 2 aromatic carbocycles. The molecular formula is C18H18F2. The topological polar surface area (TPSA) is 0 Å². The highest BCUT2D eigenvalue weighted by Gasteiger charge is 2.06. The van der Waals surface area contributed by atoms with Crippen LogP contribution in [0, 0.1) is 11.6 Å². The molecule has 0 spiro atoms. The SMILES string of the molecule is C=CCCCCc1ccc(-c2ccc(F)cc2F)cc1. The lowest BCUT2D eigenvalue weighted by Crippen LogP contribution is -1.88. The normalized spacial score (nSPS) is 10.5. The van der Waals surface area contributed by atoms with Crippen LogP contribution in [0.1, 0.15) is 24.8 Å². The molecule has 0 aromatic heterocycles. The Morgan fingerprint density at radius 1 is 0.950 bits per heavy atom. The minimum Gasteiger partial charge on any atom is -0.207 e. The van der Waals surface area contributed by atoms with Crippen molar-refractivity contribution in [2.45, 2.75) is 25.7 Å². The summed E-state index contributed by atoms with van der Waals surface area (Å²) in [4.78, 5) is 0. The molecule has 0 amide bonds. The van der Waals surface area contributed by atoms with E-state index in [0.717, 1.165) is 37.3 Å². The van der Waals surface area contributed by atoms with Crippen LogP contribution in [0.5, 0.6) is 0 Å². The van der Waals surface area contributed by atoms with Crippen LogP contribution in [0.25, 0.3) is 11.1 Å². The monoisotopic (exact) mass is 272 g/mol. The van der Waals surface area contributed by atoms with E-state index in [9.17, 15) is 8.78 Å². The Labute approximate surface area is 118 Å². The van der Waals surface area contributed by atoms with Gasteiger partial charge in [0.25, 0.3) is 0 Å². The maximum Gasteiger partial charge on any atom is 0.133 e. The Balaban J connectivity index is 2.05. The van der Waals surface area contributed by atoms with Crippen LogP contribution in [0.4, 0.5) is 8.78 Å². The molecule has 2 rings (SSSR count). The van der Waals surface area contributed by atoms with Gasteiger partial charge in [-0.25, -0.2) is 8.78 Å². The van der Waals surface area contributed by atoms with Gasteiger partial charge < -0.3 is 0 Å². The molecule has 0 fully saturated rings. The van der Waals surface area contributed by atoms with Crippen LogP contribution in [0.15, 0.2) is 55.1 Å². The fraction of sp³-hybridized carbons (Fsp3) is 0.222. The van der Waals surface area contributed by atoms with Gasteiger partial charge in [0.1, 0.15) is 11.6 Å². The van der Waals surface area contributed by atoms with E-state index in [2.05, 4.69) is 6.58 Å². The van der Waals surface area contributed by atoms with Crippen molar-refractivity contribution in [3.63, 3.8) is 0 Å². The molecule has 0 saturated carbocycles. The molecule has 20 heavy (non-hydrogen) atoms. The molecule has 0 aliphatic rings. The lowest BCUT2D eigenvalue weighted by Gasteiger charge is -2.06. The summed E-state index contributed by atoms with van der Waals surface area (Å²) in [5, 5.41) is 0. The van der Waals surface area contributed by atoms with Gasteiger partial charge in [0.05, 0.1) is 0 Å². The van der Waals surface area contributed by atoms with Gasteiger partial charge in [0.15, 0.2) is 0 Å². The summed E-state index contributed by atoms with van der Waals surface area (Å²) in [6, 6.07) is 11.5. The molecule has 0 unspecified atom stereocenters. The number of aryl methyl sites for hydroxylation is 1. The third-order valence-electron chi connectivity index (χ3n) is 3.32. The Morgan fingerprint density at radius 3 is 2.35 bits per heavy atom. The maximum atomic E-state index is 13.7. The number of allylic oxidation sites excluding steroid dienone is 1. The Kier molecular flexibility index (Phi) is 5.05. The van der Waals surface area contributed by atoms with E-state index >= 15 is 0 Å². The van der Waals surface area contributed by atoms with Gasteiger partial charge in [0, 0.05) is 11.6 Å². The van der Waals surface area contributed by atoms with Crippen molar-refractivity contribution >= 4 is 0 Å². The average molecular weight is 272 g/mol. The molecule has 0 atom stereocenters. The van der Waals surface area contributed by atoms with Gasteiger partial charge >= 0.3 is 0 Å². The molecule has 2 aromatic rings. The number of unbranched alkanes of at least 4 members (excludes halogenated alkanes) is 2. The summed E-state index contributed by atoms with van der Waals surface area (Å²) in [5.41, 5.74) is 2.45.